The molecule has 90 valence electrons. The summed E-state index contributed by atoms with van der Waals surface area (Å²) in [7, 11) is -3.01. The topological polar surface area (TPSA) is 48.4 Å². The van der Waals surface area contributed by atoms with Crippen molar-refractivity contribution in [3.8, 4) is 0 Å². The van der Waals surface area contributed by atoms with Crippen LogP contribution in [0.2, 0.25) is 0 Å². The minimum absolute atomic E-state index is 0.259. The molecule has 0 aliphatic carbocycles. The summed E-state index contributed by atoms with van der Waals surface area (Å²) < 4.78 is 23.3. The van der Waals surface area contributed by atoms with E-state index < -0.39 is 7.60 Å². The molecule has 6 heteroatoms. The first kappa shape index (κ1) is 13.8. The summed E-state index contributed by atoms with van der Waals surface area (Å²) in [5.74, 6) is 0. The molecule has 0 N–H and O–H groups in total. The van der Waals surface area contributed by atoms with Crippen LogP contribution >= 0.6 is 23.5 Å². The predicted octanol–water partition coefficient (Wildman–Crippen LogP) is 3.61. The van der Waals surface area contributed by atoms with Crippen molar-refractivity contribution >= 4 is 23.5 Å². The zero-order valence-corrected chi connectivity index (χ0v) is 11.8. The third-order valence-corrected chi connectivity index (χ3v) is 4.34. The van der Waals surface area contributed by atoms with Crippen molar-refractivity contribution in [2.24, 2.45) is 0 Å². The van der Waals surface area contributed by atoms with Gasteiger partial charge in [-0.25, -0.2) is 4.98 Å². The fourth-order valence-corrected chi connectivity index (χ4v) is 3.16. The highest BCUT2D eigenvalue weighted by Crippen LogP contribution is 2.51. The Balaban J connectivity index is 2.75. The first-order chi connectivity index (χ1) is 7.59. The molecule has 16 heavy (non-hydrogen) atoms. The van der Waals surface area contributed by atoms with E-state index in [1.165, 1.54) is 0 Å². The van der Waals surface area contributed by atoms with Gasteiger partial charge in [-0.2, -0.15) is 0 Å². The van der Waals surface area contributed by atoms with Crippen LogP contribution in [0.25, 0.3) is 0 Å². The molecule has 0 saturated heterocycles. The molecule has 0 atom stereocenters. The normalized spacial score (nSPS) is 11.7. The maximum absolute atomic E-state index is 12.2. The van der Waals surface area contributed by atoms with Crippen molar-refractivity contribution in [3.63, 3.8) is 0 Å². The summed E-state index contributed by atoms with van der Waals surface area (Å²) in [6, 6.07) is 3.65. The molecule has 0 spiro atoms. The number of rotatable bonds is 6. The summed E-state index contributed by atoms with van der Waals surface area (Å²) in [6.07, 6.45) is 1.92. The van der Waals surface area contributed by atoms with Crippen molar-refractivity contribution in [1.29, 1.82) is 0 Å². The van der Waals surface area contributed by atoms with Crippen LogP contribution in [-0.4, -0.2) is 18.2 Å². The van der Waals surface area contributed by atoms with Crippen LogP contribution in [0.3, 0.4) is 0 Å². The standard InChI is InChI=1S/C10H15BrNO3P/c1-3-14-16(13,15-4-2)8-9-5-6-10(11)12-7-9/h5-7H,3-4,8H2,1-2H3. The SMILES string of the molecule is CCOP(=O)(Cc1ccc(Br)nc1)OCC. The van der Waals surface area contributed by atoms with E-state index in [1.54, 1.807) is 26.1 Å². The smallest absolute Gasteiger partial charge is 0.309 e. The third-order valence-electron chi connectivity index (χ3n) is 1.82. The summed E-state index contributed by atoms with van der Waals surface area (Å²) in [4.78, 5) is 4.07. The zero-order valence-electron chi connectivity index (χ0n) is 9.35. The largest absolute Gasteiger partial charge is 0.335 e. The van der Waals surface area contributed by atoms with E-state index in [0.717, 1.165) is 10.2 Å². The highest BCUT2D eigenvalue weighted by Gasteiger charge is 2.23. The molecule has 4 nitrogen and oxygen atoms in total. The molecule has 0 aliphatic rings. The van der Waals surface area contributed by atoms with Gasteiger partial charge in [0, 0.05) is 6.20 Å². The van der Waals surface area contributed by atoms with Crippen molar-refractivity contribution in [2.75, 3.05) is 13.2 Å². The number of hydrogen-bond donors (Lipinski definition) is 0. The predicted molar refractivity (Wildman–Crippen MR) is 66.5 cm³/mol. The summed E-state index contributed by atoms with van der Waals surface area (Å²) in [6.45, 7) is 4.35. The average Bonchev–Trinajstić information content (AvgIpc) is 2.22. The highest BCUT2D eigenvalue weighted by atomic mass is 79.9. The van der Waals surface area contributed by atoms with Gasteiger partial charge in [-0.15, -0.1) is 0 Å². The highest BCUT2D eigenvalue weighted by molar-refractivity contribution is 9.10. The fourth-order valence-electron chi connectivity index (χ4n) is 1.25. The van der Waals surface area contributed by atoms with Gasteiger partial charge in [-0.3, -0.25) is 4.57 Å². The average molecular weight is 308 g/mol. The lowest BCUT2D eigenvalue weighted by Crippen LogP contribution is -1.99. The Bertz CT molecular complexity index is 359. The van der Waals surface area contributed by atoms with E-state index in [4.69, 9.17) is 9.05 Å². The van der Waals surface area contributed by atoms with Gasteiger partial charge < -0.3 is 9.05 Å². The molecule has 0 saturated carbocycles. The van der Waals surface area contributed by atoms with Crippen molar-refractivity contribution in [3.05, 3.63) is 28.5 Å². The molecule has 1 aromatic heterocycles. The number of aromatic nitrogens is 1. The van der Waals surface area contributed by atoms with Crippen LogP contribution in [0, 0.1) is 0 Å². The Morgan fingerprint density at radius 2 is 1.94 bits per heavy atom. The third kappa shape index (κ3) is 4.34. The molecule has 0 amide bonds. The fraction of sp³-hybridized carbons (Fsp3) is 0.500. The molecule has 0 bridgehead atoms. The number of pyridine rings is 1. The molecule has 1 rings (SSSR count). The molecule has 0 unspecified atom stereocenters. The van der Waals surface area contributed by atoms with E-state index in [1.807, 2.05) is 6.07 Å². The molecular weight excluding hydrogens is 293 g/mol. The van der Waals surface area contributed by atoms with E-state index >= 15 is 0 Å². The molecule has 0 aliphatic heterocycles. The van der Waals surface area contributed by atoms with Crippen LogP contribution in [0.15, 0.2) is 22.9 Å². The van der Waals surface area contributed by atoms with E-state index in [0.29, 0.717) is 13.2 Å². The van der Waals surface area contributed by atoms with Crippen molar-refractivity contribution < 1.29 is 13.6 Å². The summed E-state index contributed by atoms with van der Waals surface area (Å²) in [5, 5.41) is 0. The maximum atomic E-state index is 12.2. The quantitative estimate of drug-likeness (QED) is 0.595. The Hall–Kier alpha value is -0.220. The minimum Gasteiger partial charge on any atom is -0.309 e. The van der Waals surface area contributed by atoms with E-state index in [2.05, 4.69) is 20.9 Å². The van der Waals surface area contributed by atoms with Crippen LogP contribution in [-0.2, 0) is 19.8 Å². The summed E-state index contributed by atoms with van der Waals surface area (Å²) in [5.41, 5.74) is 0.841. The minimum atomic E-state index is -3.01. The number of nitrogens with zero attached hydrogens (tertiary/aromatic N) is 1. The zero-order chi connectivity index (χ0) is 12.0. The molecule has 0 aromatic carbocycles. The summed E-state index contributed by atoms with van der Waals surface area (Å²) >= 11 is 3.24. The first-order valence-electron chi connectivity index (χ1n) is 5.08. The van der Waals surface area contributed by atoms with Gasteiger partial charge in [-0.1, -0.05) is 6.07 Å². The number of halogens is 1. The second-order valence-electron chi connectivity index (χ2n) is 3.09. The first-order valence-corrected chi connectivity index (χ1v) is 7.60. The van der Waals surface area contributed by atoms with Gasteiger partial charge in [-0.05, 0) is 41.4 Å². The van der Waals surface area contributed by atoms with Gasteiger partial charge in [0.2, 0.25) is 0 Å². The molecule has 1 heterocycles. The second-order valence-corrected chi connectivity index (χ2v) is 5.96. The second kappa shape index (κ2) is 6.50. The lowest BCUT2D eigenvalue weighted by atomic mass is 10.3. The van der Waals surface area contributed by atoms with Gasteiger partial charge in [0.25, 0.3) is 0 Å². The number of hydrogen-bond acceptors (Lipinski definition) is 4. The molecular formula is C10H15BrNO3P. The van der Waals surface area contributed by atoms with Crippen molar-refractivity contribution in [1.82, 2.24) is 4.98 Å². The van der Waals surface area contributed by atoms with Crippen LogP contribution in [0.4, 0.5) is 0 Å². The Labute approximate surface area is 104 Å². The van der Waals surface area contributed by atoms with E-state index in [9.17, 15) is 4.57 Å². The monoisotopic (exact) mass is 307 g/mol. The van der Waals surface area contributed by atoms with Crippen LogP contribution < -0.4 is 0 Å². The van der Waals surface area contributed by atoms with Gasteiger partial charge >= 0.3 is 7.60 Å². The van der Waals surface area contributed by atoms with Crippen LogP contribution in [0.5, 0.6) is 0 Å². The molecule has 0 radical (unpaired) electrons. The van der Waals surface area contributed by atoms with Gasteiger partial charge in [0.05, 0.1) is 19.4 Å². The molecule has 0 fully saturated rings. The maximum Gasteiger partial charge on any atom is 0.335 e. The van der Waals surface area contributed by atoms with Crippen LogP contribution in [0.1, 0.15) is 19.4 Å². The van der Waals surface area contributed by atoms with Gasteiger partial charge in [0.15, 0.2) is 0 Å². The molecule has 1 aromatic rings. The Morgan fingerprint density at radius 3 is 2.38 bits per heavy atom. The Kier molecular flexibility index (Phi) is 5.62. The van der Waals surface area contributed by atoms with Crippen molar-refractivity contribution in [2.45, 2.75) is 20.0 Å². The lowest BCUT2D eigenvalue weighted by Gasteiger charge is -2.16. The Morgan fingerprint density at radius 1 is 1.31 bits per heavy atom. The lowest BCUT2D eigenvalue weighted by molar-refractivity contribution is 0.219. The van der Waals surface area contributed by atoms with Gasteiger partial charge in [0.1, 0.15) is 4.60 Å². The van der Waals surface area contributed by atoms with E-state index in [-0.39, 0.29) is 6.16 Å².